The Labute approximate surface area is 174 Å². The van der Waals surface area contributed by atoms with E-state index in [-0.39, 0.29) is 21.8 Å². The lowest BCUT2D eigenvalue weighted by molar-refractivity contribution is 0.103. The highest BCUT2D eigenvalue weighted by Gasteiger charge is 2.23. The zero-order valence-corrected chi connectivity index (χ0v) is 16.5. The van der Waals surface area contributed by atoms with Crippen molar-refractivity contribution >= 4 is 44.1 Å². The molecule has 2 aromatic heterocycles. The number of fused-ring (bicyclic) bond motifs is 1. The van der Waals surface area contributed by atoms with Crippen LogP contribution in [0.5, 0.6) is 0 Å². The van der Waals surface area contributed by atoms with E-state index in [1.807, 2.05) is 0 Å². The van der Waals surface area contributed by atoms with Crippen molar-refractivity contribution in [1.29, 1.82) is 0 Å². The number of aliphatic hydroxyl groups is 1. The summed E-state index contributed by atoms with van der Waals surface area (Å²) < 4.78 is 40.4. The van der Waals surface area contributed by atoms with Crippen LogP contribution in [0, 0.1) is 5.82 Å². The van der Waals surface area contributed by atoms with E-state index in [4.69, 9.17) is 11.6 Å². The monoisotopic (exact) mass is 446 g/mol. The van der Waals surface area contributed by atoms with Gasteiger partial charge in [0.1, 0.15) is 17.9 Å². The van der Waals surface area contributed by atoms with E-state index >= 15 is 0 Å². The lowest BCUT2D eigenvalue weighted by atomic mass is 10.1. The molecule has 0 unspecified atom stereocenters. The third-order valence-corrected chi connectivity index (χ3v) is 6.22. The first-order valence-corrected chi connectivity index (χ1v) is 10.2. The molecule has 4 aromatic rings. The maximum atomic E-state index is 13.2. The predicted octanol–water partition coefficient (Wildman–Crippen LogP) is 3.57. The van der Waals surface area contributed by atoms with Crippen molar-refractivity contribution in [2.45, 2.75) is 4.90 Å². The second-order valence-corrected chi connectivity index (χ2v) is 8.44. The fourth-order valence-electron chi connectivity index (χ4n) is 2.89. The van der Waals surface area contributed by atoms with Crippen LogP contribution >= 0.6 is 11.6 Å². The maximum absolute atomic E-state index is 13.2. The third-order valence-electron chi connectivity index (χ3n) is 4.30. The first kappa shape index (κ1) is 19.8. The van der Waals surface area contributed by atoms with Gasteiger partial charge in [-0.3, -0.25) is 9.89 Å². The van der Waals surface area contributed by atoms with Crippen molar-refractivity contribution in [2.24, 2.45) is 0 Å². The van der Waals surface area contributed by atoms with E-state index in [1.165, 1.54) is 24.4 Å². The zero-order chi connectivity index (χ0) is 21.5. The van der Waals surface area contributed by atoms with Gasteiger partial charge in [0, 0.05) is 28.2 Å². The summed E-state index contributed by atoms with van der Waals surface area (Å²) in [7, 11) is -4.12. The normalized spacial score (nSPS) is 12.4. The van der Waals surface area contributed by atoms with Crippen LogP contribution in [0.3, 0.4) is 0 Å². The van der Waals surface area contributed by atoms with Crippen LogP contribution < -0.4 is 0 Å². The molecule has 152 valence electrons. The quantitative estimate of drug-likeness (QED) is 0.275. The molecule has 0 saturated heterocycles. The summed E-state index contributed by atoms with van der Waals surface area (Å²) in [6, 6.07) is 8.75. The number of benzene rings is 2. The van der Waals surface area contributed by atoms with Crippen molar-refractivity contribution in [3.8, 4) is 0 Å². The number of allylic oxidation sites excluding steroid dienone is 1. The standard InChI is InChI=1S/C19H12ClFN4O4S/c20-11-1-6-16-14(7-11)15(17(26)8-18(27)19-22-10-23-24-19)9-25(16)30(28,29)13-4-2-12(21)3-5-13/h1-10,26H,(H,22,23,24). The summed E-state index contributed by atoms with van der Waals surface area (Å²) in [6.07, 6.45) is 3.20. The topological polar surface area (TPSA) is 118 Å². The number of carbonyl (C=O) groups is 1. The van der Waals surface area contributed by atoms with Gasteiger partial charge in [-0.15, -0.1) is 0 Å². The highest BCUT2D eigenvalue weighted by Crippen LogP contribution is 2.31. The van der Waals surface area contributed by atoms with Crippen molar-refractivity contribution in [2.75, 3.05) is 0 Å². The van der Waals surface area contributed by atoms with Gasteiger partial charge in [0.2, 0.25) is 5.78 Å². The summed E-state index contributed by atoms with van der Waals surface area (Å²) in [6.45, 7) is 0. The first-order chi connectivity index (χ1) is 14.3. The number of ketones is 1. The Morgan fingerprint density at radius 1 is 1.20 bits per heavy atom. The molecule has 2 aromatic carbocycles. The maximum Gasteiger partial charge on any atom is 0.268 e. The van der Waals surface area contributed by atoms with Crippen molar-refractivity contribution in [3.63, 3.8) is 0 Å². The van der Waals surface area contributed by atoms with E-state index in [0.29, 0.717) is 10.4 Å². The minimum absolute atomic E-state index is 0.0612. The van der Waals surface area contributed by atoms with Gasteiger partial charge < -0.3 is 5.11 Å². The highest BCUT2D eigenvalue weighted by molar-refractivity contribution is 7.90. The van der Waals surface area contributed by atoms with E-state index in [0.717, 1.165) is 40.6 Å². The van der Waals surface area contributed by atoms with Crippen LogP contribution in [-0.2, 0) is 10.0 Å². The number of nitrogens with one attached hydrogen (secondary N) is 1. The van der Waals surface area contributed by atoms with Crippen LogP contribution in [0.25, 0.3) is 16.7 Å². The van der Waals surface area contributed by atoms with E-state index in [1.54, 1.807) is 0 Å². The summed E-state index contributed by atoms with van der Waals surface area (Å²) in [5.41, 5.74) is 0.275. The Hall–Kier alpha value is -3.50. The molecule has 2 N–H and O–H groups in total. The molecular weight excluding hydrogens is 435 g/mol. The average Bonchev–Trinajstić information content (AvgIpc) is 3.36. The van der Waals surface area contributed by atoms with Crippen molar-refractivity contribution in [1.82, 2.24) is 19.2 Å². The largest absolute Gasteiger partial charge is 0.507 e. The minimum Gasteiger partial charge on any atom is -0.507 e. The van der Waals surface area contributed by atoms with Gasteiger partial charge in [0.05, 0.1) is 10.4 Å². The number of carbonyl (C=O) groups excluding carboxylic acids is 1. The van der Waals surface area contributed by atoms with Gasteiger partial charge >= 0.3 is 0 Å². The van der Waals surface area contributed by atoms with Crippen molar-refractivity contribution in [3.05, 3.63) is 83.3 Å². The van der Waals surface area contributed by atoms with Gasteiger partial charge in [0.25, 0.3) is 10.0 Å². The van der Waals surface area contributed by atoms with Crippen LogP contribution in [0.2, 0.25) is 5.02 Å². The summed E-state index contributed by atoms with van der Waals surface area (Å²) >= 11 is 6.05. The number of hydrogen-bond donors (Lipinski definition) is 2. The Morgan fingerprint density at radius 2 is 1.93 bits per heavy atom. The fourth-order valence-corrected chi connectivity index (χ4v) is 4.43. The number of aliphatic hydroxyl groups excluding tert-OH is 1. The predicted molar refractivity (Wildman–Crippen MR) is 107 cm³/mol. The summed E-state index contributed by atoms with van der Waals surface area (Å²) in [4.78, 5) is 15.7. The number of halogens is 2. The van der Waals surface area contributed by atoms with Crippen LogP contribution in [0.1, 0.15) is 16.2 Å². The molecule has 0 atom stereocenters. The SMILES string of the molecule is O=C(C=C(O)c1cn(S(=O)(=O)c2ccc(F)cc2)c2ccc(Cl)cc12)c1ncn[nH]1. The number of hydrogen-bond acceptors (Lipinski definition) is 6. The zero-order valence-electron chi connectivity index (χ0n) is 15.0. The Bertz CT molecular complexity index is 1390. The fraction of sp³-hybridized carbons (Fsp3) is 0. The average molecular weight is 447 g/mol. The second kappa shape index (κ2) is 7.39. The van der Waals surface area contributed by atoms with Crippen LogP contribution in [-0.4, -0.2) is 38.5 Å². The van der Waals surface area contributed by atoms with Gasteiger partial charge in [-0.1, -0.05) is 11.6 Å². The Balaban J connectivity index is 1.89. The smallest absolute Gasteiger partial charge is 0.268 e. The molecule has 8 nitrogen and oxygen atoms in total. The third kappa shape index (κ3) is 3.46. The number of aromatic nitrogens is 4. The number of H-pyrrole nitrogens is 1. The van der Waals surface area contributed by atoms with E-state index in [2.05, 4.69) is 15.2 Å². The molecule has 0 aliphatic rings. The van der Waals surface area contributed by atoms with E-state index < -0.39 is 27.4 Å². The summed E-state index contributed by atoms with van der Waals surface area (Å²) in [5, 5.41) is 17.1. The highest BCUT2D eigenvalue weighted by atomic mass is 35.5. The lowest BCUT2D eigenvalue weighted by Gasteiger charge is -2.07. The molecule has 0 fully saturated rings. The van der Waals surface area contributed by atoms with Gasteiger partial charge in [-0.2, -0.15) is 5.10 Å². The number of rotatable bonds is 5. The molecule has 4 rings (SSSR count). The molecule has 0 bridgehead atoms. The lowest BCUT2D eigenvalue weighted by Crippen LogP contribution is -2.11. The minimum atomic E-state index is -4.12. The molecule has 11 heteroatoms. The molecule has 2 heterocycles. The molecule has 0 radical (unpaired) electrons. The van der Waals surface area contributed by atoms with Crippen LogP contribution in [0.4, 0.5) is 4.39 Å². The molecular formula is C19H12ClFN4O4S. The molecule has 0 aliphatic carbocycles. The molecule has 0 amide bonds. The molecule has 30 heavy (non-hydrogen) atoms. The summed E-state index contributed by atoms with van der Waals surface area (Å²) in [5.74, 6) is -1.82. The molecule has 0 aliphatic heterocycles. The number of nitrogens with zero attached hydrogens (tertiary/aromatic N) is 3. The Kier molecular flexibility index (Phi) is 4.88. The second-order valence-electron chi connectivity index (χ2n) is 6.19. The Morgan fingerprint density at radius 3 is 2.60 bits per heavy atom. The van der Waals surface area contributed by atoms with Gasteiger partial charge in [-0.25, -0.2) is 21.8 Å². The molecule has 0 saturated carbocycles. The molecule has 0 spiro atoms. The first-order valence-electron chi connectivity index (χ1n) is 8.40. The number of aromatic amines is 1. The van der Waals surface area contributed by atoms with Gasteiger partial charge in [-0.05, 0) is 42.5 Å². The van der Waals surface area contributed by atoms with Crippen molar-refractivity contribution < 1.29 is 22.7 Å². The van der Waals surface area contributed by atoms with Gasteiger partial charge in [0.15, 0.2) is 5.82 Å². The van der Waals surface area contributed by atoms with Crippen LogP contribution in [0.15, 0.2) is 66.0 Å². The van der Waals surface area contributed by atoms with E-state index in [9.17, 15) is 22.7 Å².